The minimum atomic E-state index is -0.374. The largest absolute Gasteiger partial charge is 0.342 e. The van der Waals surface area contributed by atoms with Crippen LogP contribution >= 0.6 is 23.2 Å². The van der Waals surface area contributed by atoms with Gasteiger partial charge in [0.25, 0.3) is 0 Å². The highest BCUT2D eigenvalue weighted by atomic mass is 35.5. The fourth-order valence-electron chi connectivity index (χ4n) is 1.62. The Morgan fingerprint density at radius 3 is 2.48 bits per heavy atom. The summed E-state index contributed by atoms with van der Waals surface area (Å²) in [5.74, 6) is 0. The van der Waals surface area contributed by atoms with Gasteiger partial charge in [-0.05, 0) is 23.8 Å². The summed E-state index contributed by atoms with van der Waals surface area (Å²) < 4.78 is 0. The molecule has 0 saturated heterocycles. The highest BCUT2D eigenvalue weighted by molar-refractivity contribution is 6.42. The van der Waals surface area contributed by atoms with Gasteiger partial charge in [-0.1, -0.05) is 53.5 Å². The molecule has 0 bridgehead atoms. The Morgan fingerprint density at radius 2 is 1.86 bits per heavy atom. The summed E-state index contributed by atoms with van der Waals surface area (Å²) >= 11 is 11.9. The topological polar surface area (TPSA) is 44.7 Å². The van der Waals surface area contributed by atoms with Crippen molar-refractivity contribution < 1.29 is 4.79 Å². The molecule has 2 rings (SSSR count). The first-order chi connectivity index (χ1) is 10.1. The van der Waals surface area contributed by atoms with Gasteiger partial charge >= 0.3 is 6.03 Å². The molecule has 2 aromatic carbocycles. The second kappa shape index (κ2) is 7.11. The first-order valence-corrected chi connectivity index (χ1v) is 6.93. The normalized spacial score (nSPS) is 10.6. The van der Waals surface area contributed by atoms with Crippen molar-refractivity contribution in [3.63, 3.8) is 0 Å². The number of amides is 2. The second-order valence-corrected chi connectivity index (χ2v) is 4.94. The van der Waals surface area contributed by atoms with Crippen LogP contribution in [0.3, 0.4) is 0 Å². The Morgan fingerprint density at radius 1 is 1.14 bits per heavy atom. The average Bonchev–Trinajstić information content (AvgIpc) is 2.51. The minimum absolute atomic E-state index is 0.359. The van der Waals surface area contributed by atoms with E-state index in [-0.39, 0.29) is 6.03 Å². The quantitative estimate of drug-likeness (QED) is 0.669. The van der Waals surface area contributed by atoms with Gasteiger partial charge in [0.05, 0.1) is 21.9 Å². The lowest BCUT2D eigenvalue weighted by atomic mass is 10.2. The van der Waals surface area contributed by atoms with E-state index >= 15 is 0 Å². The summed E-state index contributed by atoms with van der Waals surface area (Å²) in [6.45, 7) is 0. The van der Waals surface area contributed by atoms with E-state index in [0.717, 1.165) is 5.56 Å². The lowest BCUT2D eigenvalue weighted by Gasteiger charge is -2.17. The van der Waals surface area contributed by atoms with Crippen molar-refractivity contribution in [2.75, 3.05) is 12.1 Å². The fourth-order valence-corrected chi connectivity index (χ4v) is 1.91. The number of anilines is 1. The van der Waals surface area contributed by atoms with Crippen LogP contribution in [-0.2, 0) is 0 Å². The number of rotatable bonds is 3. The van der Waals surface area contributed by atoms with Gasteiger partial charge in [0.2, 0.25) is 0 Å². The molecular weight excluding hydrogens is 309 g/mol. The van der Waals surface area contributed by atoms with E-state index in [0.29, 0.717) is 15.7 Å². The number of hydrogen-bond donors (Lipinski definition) is 1. The smallest absolute Gasteiger partial charge is 0.339 e. The molecule has 0 unspecified atom stereocenters. The predicted octanol–water partition coefficient (Wildman–Crippen LogP) is 4.17. The molecule has 0 aliphatic carbocycles. The number of nitrogens with one attached hydrogen (secondary N) is 1. The number of carbonyl (C=O) groups excluding carboxylic acids is 1. The fraction of sp³-hybridized carbons (Fsp3) is 0.0667. The number of carbonyl (C=O) groups is 1. The van der Waals surface area contributed by atoms with Gasteiger partial charge in [-0.15, -0.1) is 0 Å². The van der Waals surface area contributed by atoms with Crippen molar-refractivity contribution in [1.82, 2.24) is 5.32 Å². The third-order valence-electron chi connectivity index (χ3n) is 2.68. The molecule has 0 aromatic heterocycles. The molecule has 0 saturated carbocycles. The van der Waals surface area contributed by atoms with E-state index in [2.05, 4.69) is 10.4 Å². The molecule has 0 spiro atoms. The van der Waals surface area contributed by atoms with Crippen LogP contribution in [0.1, 0.15) is 5.56 Å². The van der Waals surface area contributed by atoms with E-state index in [4.69, 9.17) is 23.2 Å². The molecule has 0 radical (unpaired) electrons. The lowest BCUT2D eigenvalue weighted by Crippen LogP contribution is -2.34. The first kappa shape index (κ1) is 15.4. The zero-order chi connectivity index (χ0) is 15.2. The van der Waals surface area contributed by atoms with Crippen LogP contribution in [-0.4, -0.2) is 19.3 Å². The molecule has 0 atom stereocenters. The van der Waals surface area contributed by atoms with E-state index in [1.54, 1.807) is 24.4 Å². The van der Waals surface area contributed by atoms with Gasteiger partial charge in [0.1, 0.15) is 0 Å². The maximum Gasteiger partial charge on any atom is 0.342 e. The Hall–Kier alpha value is -2.04. The monoisotopic (exact) mass is 321 g/mol. The van der Waals surface area contributed by atoms with Crippen LogP contribution in [0.5, 0.6) is 0 Å². The van der Waals surface area contributed by atoms with Gasteiger partial charge in [-0.2, -0.15) is 10.1 Å². The molecule has 108 valence electrons. The number of benzene rings is 2. The van der Waals surface area contributed by atoms with Crippen molar-refractivity contribution in [2.24, 2.45) is 5.10 Å². The van der Waals surface area contributed by atoms with Gasteiger partial charge in [-0.3, -0.25) is 0 Å². The Balaban J connectivity index is 2.32. The van der Waals surface area contributed by atoms with E-state index in [9.17, 15) is 4.79 Å². The van der Waals surface area contributed by atoms with E-state index in [1.165, 1.54) is 12.1 Å². The standard InChI is InChI=1S/C15H13Cl2N3O/c1-18-15(21)20(12-7-8-13(16)14(17)9-12)19-10-11-5-3-2-4-6-11/h2-10H,1H3,(H,18,21)/b19-10+. The number of nitrogens with zero attached hydrogens (tertiary/aromatic N) is 2. The van der Waals surface area contributed by atoms with Gasteiger partial charge in [0, 0.05) is 7.05 Å². The summed E-state index contributed by atoms with van der Waals surface area (Å²) in [7, 11) is 1.53. The van der Waals surface area contributed by atoms with Crippen molar-refractivity contribution >= 4 is 41.1 Å². The van der Waals surface area contributed by atoms with Crippen LogP contribution in [0.4, 0.5) is 10.5 Å². The third-order valence-corrected chi connectivity index (χ3v) is 3.41. The molecule has 21 heavy (non-hydrogen) atoms. The Labute approximate surface area is 133 Å². The number of hydrogen-bond acceptors (Lipinski definition) is 2. The van der Waals surface area contributed by atoms with E-state index < -0.39 is 0 Å². The molecule has 2 amide bonds. The SMILES string of the molecule is CNC(=O)N(/N=C/c1ccccc1)c1ccc(Cl)c(Cl)c1. The summed E-state index contributed by atoms with van der Waals surface area (Å²) in [6.07, 6.45) is 1.59. The van der Waals surface area contributed by atoms with Crippen molar-refractivity contribution in [3.8, 4) is 0 Å². The highest BCUT2D eigenvalue weighted by Crippen LogP contribution is 2.27. The number of halogens is 2. The molecule has 1 N–H and O–H groups in total. The molecule has 2 aromatic rings. The highest BCUT2D eigenvalue weighted by Gasteiger charge is 2.14. The van der Waals surface area contributed by atoms with Gasteiger partial charge < -0.3 is 5.32 Å². The molecule has 6 heteroatoms. The third kappa shape index (κ3) is 3.97. The van der Waals surface area contributed by atoms with Gasteiger partial charge in [0.15, 0.2) is 0 Å². The van der Waals surface area contributed by atoms with Crippen LogP contribution in [0.2, 0.25) is 10.0 Å². The van der Waals surface area contributed by atoms with Crippen molar-refractivity contribution in [2.45, 2.75) is 0 Å². The second-order valence-electron chi connectivity index (χ2n) is 4.12. The number of urea groups is 1. The maximum absolute atomic E-state index is 12.0. The Kier molecular flexibility index (Phi) is 5.20. The molecular formula is C15H13Cl2N3O. The molecule has 0 heterocycles. The van der Waals surface area contributed by atoms with Gasteiger partial charge in [-0.25, -0.2) is 4.79 Å². The molecule has 0 aliphatic rings. The zero-order valence-corrected chi connectivity index (χ0v) is 12.8. The summed E-state index contributed by atoms with van der Waals surface area (Å²) in [5, 5.41) is 8.73. The average molecular weight is 322 g/mol. The van der Waals surface area contributed by atoms with Crippen LogP contribution < -0.4 is 10.3 Å². The van der Waals surface area contributed by atoms with Crippen molar-refractivity contribution in [3.05, 3.63) is 64.1 Å². The Bertz CT molecular complexity index is 659. The lowest BCUT2D eigenvalue weighted by molar-refractivity contribution is 0.248. The zero-order valence-electron chi connectivity index (χ0n) is 11.3. The van der Waals surface area contributed by atoms with Crippen molar-refractivity contribution in [1.29, 1.82) is 0 Å². The minimum Gasteiger partial charge on any atom is -0.339 e. The first-order valence-electron chi connectivity index (χ1n) is 6.17. The maximum atomic E-state index is 12.0. The summed E-state index contributed by atoms with van der Waals surface area (Å²) in [5.41, 5.74) is 1.40. The molecule has 0 fully saturated rings. The van der Waals surface area contributed by atoms with Crippen LogP contribution in [0, 0.1) is 0 Å². The summed E-state index contributed by atoms with van der Waals surface area (Å²) in [6, 6.07) is 14.0. The molecule has 4 nitrogen and oxygen atoms in total. The summed E-state index contributed by atoms with van der Waals surface area (Å²) in [4.78, 5) is 12.0. The van der Waals surface area contributed by atoms with Crippen LogP contribution in [0.25, 0.3) is 0 Å². The van der Waals surface area contributed by atoms with Crippen LogP contribution in [0.15, 0.2) is 53.6 Å². The van der Waals surface area contributed by atoms with E-state index in [1.807, 2.05) is 30.3 Å². The predicted molar refractivity (Wildman–Crippen MR) is 87.4 cm³/mol. The molecule has 0 aliphatic heterocycles. The number of hydrazone groups is 1.